The zero-order valence-electron chi connectivity index (χ0n) is 8.60. The highest BCUT2D eigenvalue weighted by atomic mass is 16.5. The van der Waals surface area contributed by atoms with Crippen LogP contribution in [0, 0.1) is 11.3 Å². The van der Waals surface area contributed by atoms with Gasteiger partial charge < -0.3 is 4.74 Å². The van der Waals surface area contributed by atoms with Crippen LogP contribution in [0.3, 0.4) is 0 Å². The van der Waals surface area contributed by atoms with Gasteiger partial charge in [0.15, 0.2) is 0 Å². The van der Waals surface area contributed by atoms with E-state index >= 15 is 0 Å². The minimum absolute atomic E-state index is 0.154. The molecule has 0 aliphatic heterocycles. The van der Waals surface area contributed by atoms with Crippen LogP contribution in [-0.2, 0) is 4.74 Å². The summed E-state index contributed by atoms with van der Waals surface area (Å²) in [5, 5.41) is 8.53. The van der Waals surface area contributed by atoms with Crippen LogP contribution in [0.25, 0.3) is 0 Å². The highest BCUT2D eigenvalue weighted by Gasteiger charge is 2.08. The van der Waals surface area contributed by atoms with Gasteiger partial charge in [0.2, 0.25) is 0 Å². The van der Waals surface area contributed by atoms with Crippen molar-refractivity contribution < 1.29 is 6.11 Å². The van der Waals surface area contributed by atoms with Crippen LogP contribution in [0.15, 0.2) is 30.3 Å². The summed E-state index contributed by atoms with van der Waals surface area (Å²) in [6.07, 6.45) is -0.463. The molecule has 1 aromatic rings. The van der Waals surface area contributed by atoms with E-state index in [9.17, 15) is 0 Å². The minimum Gasteiger partial charge on any atom is -0.377 e. The van der Waals surface area contributed by atoms with Crippen LogP contribution < -0.4 is 0 Å². The summed E-state index contributed by atoms with van der Waals surface area (Å²) in [6, 6.07) is 11.5. The lowest BCUT2D eigenvalue weighted by molar-refractivity contribution is 0.0969. The van der Waals surface area contributed by atoms with Crippen molar-refractivity contribution in [2.75, 3.05) is 7.11 Å². The predicted molar refractivity (Wildman–Crippen MR) is 51.0 cm³/mol. The normalized spacial score (nSPS) is 15.5. The third kappa shape index (κ3) is 2.89. The molecule has 2 unspecified atom stereocenters. The van der Waals surface area contributed by atoms with E-state index in [4.69, 9.17) is 11.4 Å². The fraction of sp³-hybridized carbons (Fsp3) is 0.364. The maximum absolute atomic E-state index is 8.53. The van der Waals surface area contributed by atoms with Crippen LogP contribution in [0.1, 0.15) is 25.9 Å². The van der Waals surface area contributed by atoms with E-state index in [-0.39, 0.29) is 6.10 Å². The minimum atomic E-state index is -0.722. The molecule has 68 valence electrons. The molecule has 0 aromatic heterocycles. The molecule has 2 atom stereocenters. The third-order valence-corrected chi connectivity index (χ3v) is 1.88. The molecule has 0 saturated carbocycles. The Hall–Kier alpha value is -1.33. The highest BCUT2D eigenvalue weighted by Crippen LogP contribution is 2.20. The lowest BCUT2D eigenvalue weighted by atomic mass is 10.1. The second-order valence-corrected chi connectivity index (χ2v) is 2.70. The smallest absolute Gasteiger partial charge is 0.0831 e. The molecular formula is C11H13NO. The van der Waals surface area contributed by atoms with Crippen LogP contribution >= 0.6 is 0 Å². The van der Waals surface area contributed by atoms with E-state index in [2.05, 4.69) is 0 Å². The molecular weight excluding hydrogens is 162 g/mol. The van der Waals surface area contributed by atoms with Crippen molar-refractivity contribution in [3.8, 4) is 6.07 Å². The molecule has 0 spiro atoms. The van der Waals surface area contributed by atoms with Gasteiger partial charge in [-0.05, 0) is 12.0 Å². The Kier molecular flexibility index (Phi) is 3.40. The quantitative estimate of drug-likeness (QED) is 0.706. The molecule has 1 aromatic carbocycles. The Morgan fingerprint density at radius 2 is 2.23 bits per heavy atom. The summed E-state index contributed by atoms with van der Waals surface area (Å²) in [7, 11) is 1.60. The summed E-state index contributed by atoms with van der Waals surface area (Å²) in [5.41, 5.74) is 1.02. The molecule has 0 radical (unpaired) electrons. The Labute approximate surface area is 80.2 Å². The number of benzene rings is 1. The third-order valence-electron chi connectivity index (χ3n) is 1.88. The van der Waals surface area contributed by atoms with Crippen LogP contribution in [0.4, 0.5) is 0 Å². The molecule has 0 heterocycles. The monoisotopic (exact) mass is 176 g/mol. The van der Waals surface area contributed by atoms with Gasteiger partial charge in [-0.1, -0.05) is 30.3 Å². The molecule has 0 amide bonds. The van der Waals surface area contributed by atoms with Crippen LogP contribution in [0.2, 0.25) is 0 Å². The van der Waals surface area contributed by atoms with E-state index in [1.54, 1.807) is 7.11 Å². The molecule has 1 rings (SSSR count). The molecule has 2 nitrogen and oxygen atoms in total. The zero-order valence-corrected chi connectivity index (χ0v) is 7.60. The maximum atomic E-state index is 8.53. The molecule has 13 heavy (non-hydrogen) atoms. The van der Waals surface area contributed by atoms with Crippen molar-refractivity contribution in [3.63, 3.8) is 0 Å². The number of nitrogens with zero attached hydrogens (tertiary/aromatic N) is 1. The molecule has 2 heteroatoms. The number of hydrogen-bond acceptors (Lipinski definition) is 2. The van der Waals surface area contributed by atoms with E-state index < -0.39 is 6.40 Å². The first-order valence-electron chi connectivity index (χ1n) is 4.75. The summed E-state index contributed by atoms with van der Waals surface area (Å²) in [5.74, 6) is 0. The summed E-state index contributed by atoms with van der Waals surface area (Å²) >= 11 is 0. The summed E-state index contributed by atoms with van der Waals surface area (Å²) in [6.45, 7) is 0. The standard InChI is InChI=1S/C11H13NO/c1-13-11(8-5-9-12)10-6-3-2-4-7-10/h2-4,6-7,11H,5,8H2,1H3/i5D. The van der Waals surface area contributed by atoms with E-state index in [1.807, 2.05) is 36.4 Å². The second kappa shape index (κ2) is 5.34. The van der Waals surface area contributed by atoms with Crippen molar-refractivity contribution in [3.05, 3.63) is 35.9 Å². The van der Waals surface area contributed by atoms with Crippen LogP contribution in [0.5, 0.6) is 0 Å². The molecule has 0 aliphatic carbocycles. The fourth-order valence-corrected chi connectivity index (χ4v) is 1.20. The lowest BCUT2D eigenvalue weighted by Crippen LogP contribution is -2.00. The van der Waals surface area contributed by atoms with Crippen molar-refractivity contribution in [1.29, 1.82) is 5.26 Å². The topological polar surface area (TPSA) is 33.0 Å². The number of nitriles is 1. The Morgan fingerprint density at radius 1 is 1.54 bits per heavy atom. The molecule has 0 bridgehead atoms. The van der Waals surface area contributed by atoms with Gasteiger partial charge in [-0.25, -0.2) is 0 Å². The molecule has 0 aliphatic rings. The van der Waals surface area contributed by atoms with Gasteiger partial charge in [0.05, 0.1) is 12.2 Å². The van der Waals surface area contributed by atoms with Gasteiger partial charge in [-0.15, -0.1) is 0 Å². The van der Waals surface area contributed by atoms with Crippen LogP contribution in [-0.4, -0.2) is 7.11 Å². The van der Waals surface area contributed by atoms with Gasteiger partial charge >= 0.3 is 0 Å². The average Bonchev–Trinajstić information content (AvgIpc) is 2.26. The lowest BCUT2D eigenvalue weighted by Gasteiger charge is -2.13. The molecule has 0 saturated heterocycles. The zero-order chi connectivity index (χ0) is 10.4. The Balaban J connectivity index is 2.69. The largest absolute Gasteiger partial charge is 0.377 e. The van der Waals surface area contributed by atoms with E-state index in [0.717, 1.165) is 5.56 Å². The molecule has 0 N–H and O–H groups in total. The Bertz CT molecular complexity index is 307. The average molecular weight is 176 g/mol. The van der Waals surface area contributed by atoms with E-state index in [0.29, 0.717) is 6.42 Å². The number of hydrogen-bond donors (Lipinski definition) is 0. The second-order valence-electron chi connectivity index (χ2n) is 2.70. The first-order valence-corrected chi connectivity index (χ1v) is 4.17. The first-order chi connectivity index (χ1) is 6.77. The van der Waals surface area contributed by atoms with Gasteiger partial charge in [0.25, 0.3) is 0 Å². The van der Waals surface area contributed by atoms with Crippen molar-refractivity contribution in [1.82, 2.24) is 0 Å². The van der Waals surface area contributed by atoms with Gasteiger partial charge in [-0.3, -0.25) is 0 Å². The number of methoxy groups -OCH3 is 1. The number of rotatable bonds is 4. The van der Waals surface area contributed by atoms with Crippen molar-refractivity contribution in [2.24, 2.45) is 0 Å². The summed E-state index contributed by atoms with van der Waals surface area (Å²) < 4.78 is 12.6. The van der Waals surface area contributed by atoms with Gasteiger partial charge in [0, 0.05) is 14.9 Å². The maximum Gasteiger partial charge on any atom is 0.0831 e. The van der Waals surface area contributed by atoms with Crippen molar-refractivity contribution >= 4 is 0 Å². The van der Waals surface area contributed by atoms with Gasteiger partial charge in [0.1, 0.15) is 0 Å². The fourth-order valence-electron chi connectivity index (χ4n) is 1.20. The predicted octanol–water partition coefficient (Wildman–Crippen LogP) is 2.68. The first kappa shape index (κ1) is 8.28. The summed E-state index contributed by atoms with van der Waals surface area (Å²) in [4.78, 5) is 0. The van der Waals surface area contributed by atoms with E-state index in [1.165, 1.54) is 0 Å². The number of ether oxygens (including phenoxy) is 1. The van der Waals surface area contributed by atoms with Crippen molar-refractivity contribution in [2.45, 2.75) is 18.9 Å². The Morgan fingerprint density at radius 3 is 2.77 bits per heavy atom. The SMILES string of the molecule is [2H]C(C#N)CC(OC)c1ccccc1. The molecule has 0 fully saturated rings. The highest BCUT2D eigenvalue weighted by molar-refractivity contribution is 5.17. The van der Waals surface area contributed by atoms with Gasteiger partial charge in [-0.2, -0.15) is 5.26 Å².